The van der Waals surface area contributed by atoms with Crippen LogP contribution in [0, 0.1) is 6.92 Å². The van der Waals surface area contributed by atoms with Crippen molar-refractivity contribution in [3.05, 3.63) is 64.4 Å². The lowest BCUT2D eigenvalue weighted by Crippen LogP contribution is -2.25. The van der Waals surface area contributed by atoms with Crippen molar-refractivity contribution in [3.8, 4) is 0 Å². The number of nitrogens with zero attached hydrogens (tertiary/aromatic N) is 2. The molecule has 0 spiro atoms. The Morgan fingerprint density at radius 2 is 1.84 bits per heavy atom. The van der Waals surface area contributed by atoms with Crippen molar-refractivity contribution in [3.63, 3.8) is 0 Å². The molecule has 0 unspecified atom stereocenters. The Morgan fingerprint density at radius 1 is 1.16 bits per heavy atom. The van der Waals surface area contributed by atoms with Crippen LogP contribution in [0.3, 0.4) is 0 Å². The van der Waals surface area contributed by atoms with Gasteiger partial charge in [-0.05, 0) is 37.6 Å². The van der Waals surface area contributed by atoms with Crippen molar-refractivity contribution in [2.75, 3.05) is 5.32 Å². The molecule has 0 saturated carbocycles. The SMILES string of the molecule is Cc1ccccc1NC(=O)[C@@H](C)Sc1nc2ccccc2c(=O)n1C. The van der Waals surface area contributed by atoms with E-state index in [1.165, 1.54) is 16.3 Å². The van der Waals surface area contributed by atoms with Gasteiger partial charge in [0.1, 0.15) is 0 Å². The van der Waals surface area contributed by atoms with Gasteiger partial charge in [0.2, 0.25) is 5.91 Å². The molecule has 1 heterocycles. The zero-order chi connectivity index (χ0) is 18.0. The number of anilines is 1. The van der Waals surface area contributed by atoms with Crippen molar-refractivity contribution in [1.29, 1.82) is 0 Å². The quantitative estimate of drug-likeness (QED) is 0.577. The Balaban J connectivity index is 1.83. The number of hydrogen-bond donors (Lipinski definition) is 1. The Bertz CT molecular complexity index is 997. The lowest BCUT2D eigenvalue weighted by atomic mass is 10.2. The van der Waals surface area contributed by atoms with Gasteiger partial charge >= 0.3 is 0 Å². The van der Waals surface area contributed by atoms with Gasteiger partial charge in [0.15, 0.2) is 5.16 Å². The minimum absolute atomic E-state index is 0.111. The summed E-state index contributed by atoms with van der Waals surface area (Å²) in [5.74, 6) is -0.123. The fourth-order valence-electron chi connectivity index (χ4n) is 2.46. The number of aryl methyl sites for hydroxylation is 1. The number of carbonyl (C=O) groups is 1. The molecule has 0 aliphatic rings. The molecule has 0 fully saturated rings. The number of amides is 1. The first kappa shape index (κ1) is 17.2. The molecule has 3 rings (SSSR count). The third-order valence-electron chi connectivity index (χ3n) is 4.00. The average Bonchev–Trinajstić information content (AvgIpc) is 2.61. The van der Waals surface area contributed by atoms with E-state index in [1.807, 2.05) is 43.3 Å². The Labute approximate surface area is 150 Å². The van der Waals surface area contributed by atoms with Gasteiger partial charge in [-0.1, -0.05) is 42.1 Å². The maximum atomic E-state index is 12.5. The van der Waals surface area contributed by atoms with Crippen molar-refractivity contribution < 1.29 is 4.79 Å². The fraction of sp³-hybridized carbons (Fsp3) is 0.211. The summed E-state index contributed by atoms with van der Waals surface area (Å²) in [6.07, 6.45) is 0. The molecule has 2 aromatic carbocycles. The Morgan fingerprint density at radius 3 is 2.60 bits per heavy atom. The topological polar surface area (TPSA) is 64.0 Å². The smallest absolute Gasteiger partial charge is 0.261 e. The molecule has 0 bridgehead atoms. The highest BCUT2D eigenvalue weighted by Crippen LogP contribution is 2.23. The first-order valence-electron chi connectivity index (χ1n) is 7.96. The van der Waals surface area contributed by atoms with E-state index in [2.05, 4.69) is 10.3 Å². The molecule has 0 radical (unpaired) electrons. The van der Waals surface area contributed by atoms with Crippen LogP contribution >= 0.6 is 11.8 Å². The minimum atomic E-state index is -0.390. The van der Waals surface area contributed by atoms with E-state index in [0.717, 1.165) is 11.3 Å². The van der Waals surface area contributed by atoms with Crippen LogP contribution in [0.25, 0.3) is 10.9 Å². The number of para-hydroxylation sites is 2. The van der Waals surface area contributed by atoms with Gasteiger partial charge in [0, 0.05) is 12.7 Å². The largest absolute Gasteiger partial charge is 0.325 e. The van der Waals surface area contributed by atoms with Crippen molar-refractivity contribution in [2.45, 2.75) is 24.3 Å². The normalized spacial score (nSPS) is 12.1. The second kappa shape index (κ2) is 7.11. The van der Waals surface area contributed by atoms with E-state index in [9.17, 15) is 9.59 Å². The first-order valence-corrected chi connectivity index (χ1v) is 8.84. The van der Waals surface area contributed by atoms with Crippen molar-refractivity contribution in [2.24, 2.45) is 7.05 Å². The lowest BCUT2D eigenvalue weighted by molar-refractivity contribution is -0.115. The third kappa shape index (κ3) is 3.58. The number of rotatable bonds is 4. The van der Waals surface area contributed by atoms with Crippen LogP contribution in [0.15, 0.2) is 58.5 Å². The molecule has 3 aromatic rings. The molecule has 1 N–H and O–H groups in total. The van der Waals surface area contributed by atoms with E-state index in [0.29, 0.717) is 16.1 Å². The molecule has 1 aromatic heterocycles. The molecule has 1 amide bonds. The number of aromatic nitrogens is 2. The van der Waals surface area contributed by atoms with Crippen LogP contribution < -0.4 is 10.9 Å². The predicted molar refractivity (Wildman–Crippen MR) is 102 cm³/mol. The molecule has 128 valence electrons. The van der Waals surface area contributed by atoms with E-state index in [1.54, 1.807) is 26.1 Å². The van der Waals surface area contributed by atoms with E-state index in [4.69, 9.17) is 0 Å². The summed E-state index contributed by atoms with van der Waals surface area (Å²) in [4.78, 5) is 29.5. The molecule has 0 aliphatic carbocycles. The molecule has 1 atom stereocenters. The second-order valence-corrected chi connectivity index (χ2v) is 7.15. The Kier molecular flexibility index (Phi) is 4.90. The summed E-state index contributed by atoms with van der Waals surface area (Å²) < 4.78 is 1.49. The predicted octanol–water partition coefficient (Wildman–Crippen LogP) is 3.36. The third-order valence-corrected chi connectivity index (χ3v) is 5.14. The van der Waals surface area contributed by atoms with Gasteiger partial charge in [-0.2, -0.15) is 0 Å². The Hall–Kier alpha value is -2.60. The average molecular weight is 353 g/mol. The maximum Gasteiger partial charge on any atom is 0.261 e. The molecular weight excluding hydrogens is 334 g/mol. The summed E-state index contributed by atoms with van der Waals surface area (Å²) >= 11 is 1.27. The maximum absolute atomic E-state index is 12.5. The summed E-state index contributed by atoms with van der Waals surface area (Å²) in [6, 6.07) is 14.9. The van der Waals surface area contributed by atoms with Gasteiger partial charge in [0.05, 0.1) is 16.2 Å². The van der Waals surface area contributed by atoms with Gasteiger partial charge < -0.3 is 5.32 Å². The number of benzene rings is 2. The minimum Gasteiger partial charge on any atom is -0.325 e. The number of fused-ring (bicyclic) bond motifs is 1. The standard InChI is InChI=1S/C19H19N3O2S/c1-12-8-4-6-10-15(12)20-17(23)13(2)25-19-21-16-11-7-5-9-14(16)18(24)22(19)3/h4-11,13H,1-3H3,(H,20,23)/t13-/m1/s1. The van der Waals surface area contributed by atoms with E-state index < -0.39 is 0 Å². The second-order valence-electron chi connectivity index (χ2n) is 5.84. The summed E-state index contributed by atoms with van der Waals surface area (Å²) in [5, 5.41) is 3.64. The highest BCUT2D eigenvalue weighted by molar-refractivity contribution is 8.00. The highest BCUT2D eigenvalue weighted by atomic mass is 32.2. The number of carbonyl (C=O) groups excluding carboxylic acids is 1. The molecular formula is C19H19N3O2S. The monoisotopic (exact) mass is 353 g/mol. The van der Waals surface area contributed by atoms with Crippen LogP contribution in [0.1, 0.15) is 12.5 Å². The van der Waals surface area contributed by atoms with Gasteiger partial charge in [-0.25, -0.2) is 4.98 Å². The van der Waals surface area contributed by atoms with Crippen LogP contribution in [-0.2, 0) is 11.8 Å². The molecule has 6 heteroatoms. The van der Waals surface area contributed by atoms with Crippen molar-refractivity contribution in [1.82, 2.24) is 9.55 Å². The molecule has 0 aliphatic heterocycles. The summed E-state index contributed by atoms with van der Waals surface area (Å²) in [7, 11) is 1.68. The van der Waals surface area contributed by atoms with Gasteiger partial charge in [0.25, 0.3) is 5.56 Å². The number of nitrogens with one attached hydrogen (secondary N) is 1. The molecule has 5 nitrogen and oxygen atoms in total. The van der Waals surface area contributed by atoms with Crippen LogP contribution in [-0.4, -0.2) is 20.7 Å². The first-order chi connectivity index (χ1) is 12.0. The number of thioether (sulfide) groups is 1. The van der Waals surface area contributed by atoms with Gasteiger partial charge in [-0.15, -0.1) is 0 Å². The molecule has 0 saturated heterocycles. The summed E-state index contributed by atoms with van der Waals surface area (Å²) in [6.45, 7) is 3.75. The lowest BCUT2D eigenvalue weighted by Gasteiger charge is -2.15. The van der Waals surface area contributed by atoms with Crippen molar-refractivity contribution >= 4 is 34.3 Å². The van der Waals surface area contributed by atoms with E-state index in [-0.39, 0.29) is 16.7 Å². The highest BCUT2D eigenvalue weighted by Gasteiger charge is 2.18. The van der Waals surface area contributed by atoms with E-state index >= 15 is 0 Å². The zero-order valence-electron chi connectivity index (χ0n) is 14.3. The molecule has 25 heavy (non-hydrogen) atoms. The zero-order valence-corrected chi connectivity index (χ0v) is 15.1. The van der Waals surface area contributed by atoms with Crippen LogP contribution in [0.4, 0.5) is 5.69 Å². The van der Waals surface area contributed by atoms with Gasteiger partial charge in [-0.3, -0.25) is 14.2 Å². The van der Waals surface area contributed by atoms with Crippen LogP contribution in [0.5, 0.6) is 0 Å². The fourth-order valence-corrected chi connectivity index (χ4v) is 3.34. The van der Waals surface area contributed by atoms with Crippen LogP contribution in [0.2, 0.25) is 0 Å². The number of hydrogen-bond acceptors (Lipinski definition) is 4. The summed E-state index contributed by atoms with van der Waals surface area (Å²) in [5.41, 5.74) is 2.32.